The Kier molecular flexibility index (Phi) is 5.56. The van der Waals surface area contributed by atoms with E-state index in [4.69, 9.17) is 9.47 Å². The standard InChI is InChI=1S/C18H21NO6/c1-18(2,3)25-17(23)19-14(9-13(20)10-15(19)21)16(22)24-11-12-7-5-4-6-8-12/h4-8,14H,9-11H2,1-3H3/t14-/m1/s1. The first-order chi connectivity index (χ1) is 11.7. The van der Waals surface area contributed by atoms with Crippen molar-refractivity contribution in [2.75, 3.05) is 0 Å². The second-order valence-electron chi connectivity index (χ2n) is 6.77. The second-order valence-corrected chi connectivity index (χ2v) is 6.77. The van der Waals surface area contributed by atoms with Crippen LogP contribution in [0.15, 0.2) is 30.3 Å². The first-order valence-corrected chi connectivity index (χ1v) is 7.94. The van der Waals surface area contributed by atoms with Gasteiger partial charge < -0.3 is 9.47 Å². The molecule has 0 bridgehead atoms. The number of carbonyl (C=O) groups excluding carboxylic acids is 4. The summed E-state index contributed by atoms with van der Waals surface area (Å²) in [5, 5.41) is 0. The molecule has 1 heterocycles. The van der Waals surface area contributed by atoms with Crippen molar-refractivity contribution in [1.82, 2.24) is 4.90 Å². The van der Waals surface area contributed by atoms with Gasteiger partial charge in [-0.2, -0.15) is 0 Å². The number of hydrogen-bond acceptors (Lipinski definition) is 6. The molecule has 0 aliphatic carbocycles. The number of ether oxygens (including phenoxy) is 2. The van der Waals surface area contributed by atoms with Crippen LogP contribution in [0.1, 0.15) is 39.2 Å². The third-order valence-corrected chi connectivity index (χ3v) is 3.44. The summed E-state index contributed by atoms with van der Waals surface area (Å²) in [7, 11) is 0. The van der Waals surface area contributed by atoms with Gasteiger partial charge in [-0.1, -0.05) is 30.3 Å². The lowest BCUT2D eigenvalue weighted by molar-refractivity contribution is -0.160. The molecule has 7 nitrogen and oxygen atoms in total. The Morgan fingerprint density at radius 1 is 1.16 bits per heavy atom. The number of imide groups is 1. The van der Waals surface area contributed by atoms with Crippen LogP contribution >= 0.6 is 0 Å². The highest BCUT2D eigenvalue weighted by Gasteiger charge is 2.43. The largest absolute Gasteiger partial charge is 0.459 e. The van der Waals surface area contributed by atoms with Crippen LogP contribution < -0.4 is 0 Å². The maximum atomic E-state index is 12.4. The molecule has 25 heavy (non-hydrogen) atoms. The number of ketones is 1. The Labute approximate surface area is 145 Å². The lowest BCUT2D eigenvalue weighted by atomic mass is 10.0. The summed E-state index contributed by atoms with van der Waals surface area (Å²) in [6.07, 6.45) is -1.65. The number of esters is 1. The summed E-state index contributed by atoms with van der Waals surface area (Å²) in [4.78, 5) is 49.2. The molecule has 1 atom stereocenters. The molecule has 1 aliphatic heterocycles. The van der Waals surface area contributed by atoms with Gasteiger partial charge in [0.05, 0.1) is 6.42 Å². The number of hydrogen-bond donors (Lipinski definition) is 0. The molecular formula is C18H21NO6. The highest BCUT2D eigenvalue weighted by atomic mass is 16.6. The van der Waals surface area contributed by atoms with Crippen molar-refractivity contribution in [3.05, 3.63) is 35.9 Å². The third kappa shape index (κ3) is 5.14. The van der Waals surface area contributed by atoms with Crippen molar-refractivity contribution in [3.63, 3.8) is 0 Å². The summed E-state index contributed by atoms with van der Waals surface area (Å²) in [5.41, 5.74) is -0.0785. The summed E-state index contributed by atoms with van der Waals surface area (Å²) in [5.74, 6) is -1.98. The molecule has 2 amide bonds. The monoisotopic (exact) mass is 347 g/mol. The quantitative estimate of drug-likeness (QED) is 0.615. The molecule has 0 N–H and O–H groups in total. The molecular weight excluding hydrogens is 326 g/mol. The van der Waals surface area contributed by atoms with Crippen LogP contribution in [0.5, 0.6) is 0 Å². The predicted molar refractivity (Wildman–Crippen MR) is 87.3 cm³/mol. The van der Waals surface area contributed by atoms with Gasteiger partial charge >= 0.3 is 12.1 Å². The fraction of sp³-hybridized carbons (Fsp3) is 0.444. The van der Waals surface area contributed by atoms with Crippen LogP contribution in [0.25, 0.3) is 0 Å². The SMILES string of the molecule is CC(C)(C)OC(=O)N1C(=O)CC(=O)C[C@@H]1C(=O)OCc1ccccc1. The van der Waals surface area contributed by atoms with Crippen LogP contribution in [0.4, 0.5) is 4.79 Å². The number of carbonyl (C=O) groups is 4. The number of likely N-dealkylation sites (tertiary alicyclic amines) is 1. The maximum Gasteiger partial charge on any atom is 0.417 e. The molecule has 7 heteroatoms. The smallest absolute Gasteiger partial charge is 0.417 e. The maximum absolute atomic E-state index is 12.4. The van der Waals surface area contributed by atoms with Gasteiger partial charge in [-0.05, 0) is 26.3 Å². The lowest BCUT2D eigenvalue weighted by Gasteiger charge is -2.33. The summed E-state index contributed by atoms with van der Waals surface area (Å²) >= 11 is 0. The number of nitrogens with zero attached hydrogens (tertiary/aromatic N) is 1. The van der Waals surface area contributed by atoms with Crippen LogP contribution in [0.2, 0.25) is 0 Å². The first-order valence-electron chi connectivity index (χ1n) is 7.94. The molecule has 1 aliphatic rings. The molecule has 0 radical (unpaired) electrons. The van der Waals surface area contributed by atoms with Gasteiger partial charge in [0.2, 0.25) is 5.91 Å². The zero-order valence-electron chi connectivity index (χ0n) is 14.5. The Bertz CT molecular complexity index is 677. The van der Waals surface area contributed by atoms with Crippen molar-refractivity contribution < 1.29 is 28.7 Å². The molecule has 0 aromatic heterocycles. The van der Waals surface area contributed by atoms with Crippen molar-refractivity contribution in [3.8, 4) is 0 Å². The normalized spacial score (nSPS) is 18.0. The van der Waals surface area contributed by atoms with Gasteiger partial charge in [-0.3, -0.25) is 9.59 Å². The van der Waals surface area contributed by atoms with E-state index in [2.05, 4.69) is 0 Å². The molecule has 0 unspecified atom stereocenters. The highest BCUT2D eigenvalue weighted by Crippen LogP contribution is 2.21. The fourth-order valence-electron chi connectivity index (χ4n) is 2.36. The van der Waals surface area contributed by atoms with Gasteiger partial charge in [-0.25, -0.2) is 14.5 Å². The van der Waals surface area contributed by atoms with E-state index in [9.17, 15) is 19.2 Å². The van der Waals surface area contributed by atoms with Crippen molar-refractivity contribution >= 4 is 23.8 Å². The molecule has 1 aromatic carbocycles. The number of piperidine rings is 1. The van der Waals surface area contributed by atoms with Crippen LogP contribution in [0.3, 0.4) is 0 Å². The molecule has 1 aromatic rings. The predicted octanol–water partition coefficient (Wildman–Crippen LogP) is 2.22. The van der Waals surface area contributed by atoms with Crippen LogP contribution in [-0.4, -0.2) is 40.3 Å². The summed E-state index contributed by atoms with van der Waals surface area (Å²) in [6.45, 7) is 4.92. The first kappa shape index (κ1) is 18.6. The number of benzene rings is 1. The Morgan fingerprint density at radius 3 is 2.40 bits per heavy atom. The van der Waals surface area contributed by atoms with Crippen LogP contribution in [0, 0.1) is 0 Å². The van der Waals surface area contributed by atoms with Crippen molar-refractivity contribution in [2.24, 2.45) is 0 Å². The third-order valence-electron chi connectivity index (χ3n) is 3.44. The van der Waals surface area contributed by atoms with Gasteiger partial charge in [0.1, 0.15) is 24.0 Å². The van der Waals surface area contributed by atoms with E-state index in [-0.39, 0.29) is 13.0 Å². The minimum absolute atomic E-state index is 0.0132. The van der Waals surface area contributed by atoms with Gasteiger partial charge in [0.25, 0.3) is 0 Å². The lowest BCUT2D eigenvalue weighted by Crippen LogP contribution is -2.55. The zero-order valence-corrected chi connectivity index (χ0v) is 14.5. The van der Waals surface area contributed by atoms with Gasteiger partial charge in [0.15, 0.2) is 0 Å². The van der Waals surface area contributed by atoms with Crippen molar-refractivity contribution in [2.45, 2.75) is 51.9 Å². The average molecular weight is 347 g/mol. The fourth-order valence-corrected chi connectivity index (χ4v) is 2.36. The van der Waals surface area contributed by atoms with Gasteiger partial charge in [-0.15, -0.1) is 0 Å². The van der Waals surface area contributed by atoms with E-state index in [0.717, 1.165) is 5.56 Å². The minimum atomic E-state index is -1.30. The summed E-state index contributed by atoms with van der Waals surface area (Å²) in [6, 6.07) is 7.67. The molecule has 1 fully saturated rings. The van der Waals surface area contributed by atoms with Crippen LogP contribution in [-0.2, 0) is 30.5 Å². The molecule has 1 saturated heterocycles. The van der Waals surface area contributed by atoms with E-state index in [0.29, 0.717) is 4.90 Å². The van der Waals surface area contributed by atoms with Crippen molar-refractivity contribution in [1.29, 1.82) is 0 Å². The molecule has 0 saturated carbocycles. The Hall–Kier alpha value is -2.70. The highest BCUT2D eigenvalue weighted by molar-refractivity contribution is 6.09. The van der Waals surface area contributed by atoms with E-state index in [1.807, 2.05) is 6.07 Å². The van der Waals surface area contributed by atoms with E-state index in [1.54, 1.807) is 45.0 Å². The number of rotatable bonds is 3. The Morgan fingerprint density at radius 2 is 1.80 bits per heavy atom. The Balaban J connectivity index is 2.12. The minimum Gasteiger partial charge on any atom is -0.459 e. The van der Waals surface area contributed by atoms with E-state index in [1.165, 1.54) is 0 Å². The molecule has 2 rings (SSSR count). The van der Waals surface area contributed by atoms with Gasteiger partial charge in [0, 0.05) is 6.42 Å². The average Bonchev–Trinajstić information content (AvgIpc) is 2.51. The number of Topliss-reactive ketones (excluding diaryl/α,β-unsaturated/α-hetero) is 1. The number of amides is 2. The topological polar surface area (TPSA) is 90.0 Å². The van der Waals surface area contributed by atoms with E-state index < -0.39 is 41.8 Å². The van der Waals surface area contributed by atoms with E-state index >= 15 is 0 Å². The molecule has 134 valence electrons. The zero-order chi connectivity index (χ0) is 18.6. The summed E-state index contributed by atoms with van der Waals surface area (Å²) < 4.78 is 10.4. The molecule has 0 spiro atoms. The second kappa shape index (κ2) is 7.46.